The minimum atomic E-state index is -0.271. The zero-order chi connectivity index (χ0) is 6.69. The number of nitrogens with one attached hydrogen (secondary N) is 2. The lowest BCUT2D eigenvalue weighted by Crippen LogP contribution is -2.09. The molecular formula is C4H5N3OS. The van der Waals surface area contributed by atoms with Crippen molar-refractivity contribution in [3.05, 3.63) is 22.7 Å². The molecule has 1 aromatic rings. The minimum Gasteiger partial charge on any atom is -0.324 e. The standard InChI is InChI=1S/C4H5N3OS/c8-4-3(7-9)5-1-2-6-4/h1-2,9H,(H,5,7)(H,6,8). The molecule has 0 aliphatic carbocycles. The second-order valence-corrected chi connectivity index (χ2v) is 1.60. The van der Waals surface area contributed by atoms with Crippen LogP contribution in [0.1, 0.15) is 0 Å². The Morgan fingerprint density at radius 2 is 2.56 bits per heavy atom. The van der Waals surface area contributed by atoms with Gasteiger partial charge in [0.1, 0.15) is 0 Å². The first-order chi connectivity index (χ1) is 4.34. The Morgan fingerprint density at radius 1 is 1.78 bits per heavy atom. The van der Waals surface area contributed by atoms with Crippen molar-refractivity contribution in [3.63, 3.8) is 0 Å². The van der Waals surface area contributed by atoms with Crippen molar-refractivity contribution in [1.82, 2.24) is 9.97 Å². The fourth-order valence-electron chi connectivity index (χ4n) is 0.431. The van der Waals surface area contributed by atoms with Gasteiger partial charge in [0.05, 0.1) is 0 Å². The molecule has 0 amide bonds. The van der Waals surface area contributed by atoms with E-state index in [0.29, 0.717) is 0 Å². The van der Waals surface area contributed by atoms with Gasteiger partial charge in [-0.25, -0.2) is 4.98 Å². The van der Waals surface area contributed by atoms with Gasteiger partial charge in [0.25, 0.3) is 5.56 Å². The zero-order valence-electron chi connectivity index (χ0n) is 4.46. The molecule has 48 valence electrons. The summed E-state index contributed by atoms with van der Waals surface area (Å²) in [5, 5.41) is 0. The molecule has 0 aliphatic heterocycles. The van der Waals surface area contributed by atoms with Crippen molar-refractivity contribution in [3.8, 4) is 0 Å². The first-order valence-electron chi connectivity index (χ1n) is 2.28. The lowest BCUT2D eigenvalue weighted by atomic mass is 10.7. The lowest BCUT2D eigenvalue weighted by Gasteiger charge is -1.91. The molecule has 0 aliphatic rings. The van der Waals surface area contributed by atoms with Crippen LogP contribution >= 0.6 is 12.8 Å². The fraction of sp³-hybridized carbons (Fsp3) is 0. The summed E-state index contributed by atoms with van der Waals surface area (Å²) in [6.07, 6.45) is 2.93. The van der Waals surface area contributed by atoms with E-state index in [1.54, 1.807) is 0 Å². The van der Waals surface area contributed by atoms with Crippen molar-refractivity contribution < 1.29 is 0 Å². The molecule has 0 aromatic carbocycles. The second-order valence-electron chi connectivity index (χ2n) is 1.38. The molecule has 5 heteroatoms. The quantitative estimate of drug-likeness (QED) is 0.486. The first-order valence-corrected chi connectivity index (χ1v) is 2.73. The number of rotatable bonds is 1. The van der Waals surface area contributed by atoms with Crippen molar-refractivity contribution >= 4 is 18.6 Å². The van der Waals surface area contributed by atoms with Crippen LogP contribution in [0.2, 0.25) is 0 Å². The molecule has 0 spiro atoms. The number of hydrogen-bond donors (Lipinski definition) is 3. The van der Waals surface area contributed by atoms with Crippen LogP contribution in [0.3, 0.4) is 0 Å². The van der Waals surface area contributed by atoms with E-state index < -0.39 is 0 Å². The van der Waals surface area contributed by atoms with Crippen LogP contribution in [0.25, 0.3) is 0 Å². The maximum Gasteiger partial charge on any atom is 0.291 e. The fourth-order valence-corrected chi connectivity index (χ4v) is 0.591. The molecule has 2 N–H and O–H groups in total. The van der Waals surface area contributed by atoms with Gasteiger partial charge in [0, 0.05) is 12.4 Å². The summed E-state index contributed by atoms with van der Waals surface area (Å²) in [4.78, 5) is 16.7. The lowest BCUT2D eigenvalue weighted by molar-refractivity contribution is 1.15. The second kappa shape index (κ2) is 2.54. The number of H-pyrrole nitrogens is 1. The van der Waals surface area contributed by atoms with Gasteiger partial charge in [0.15, 0.2) is 0 Å². The number of hydrogen-bond acceptors (Lipinski definition) is 4. The molecule has 1 heterocycles. The topological polar surface area (TPSA) is 57.8 Å². The average molecular weight is 143 g/mol. The summed E-state index contributed by atoms with van der Waals surface area (Å²) in [6.45, 7) is 0. The molecule has 1 rings (SSSR count). The molecule has 0 bridgehead atoms. The third-order valence-corrected chi connectivity index (χ3v) is 1.03. The molecule has 0 saturated carbocycles. The van der Waals surface area contributed by atoms with Gasteiger partial charge >= 0.3 is 0 Å². The third kappa shape index (κ3) is 1.23. The highest BCUT2D eigenvalue weighted by Gasteiger charge is 1.91. The highest BCUT2D eigenvalue weighted by molar-refractivity contribution is 7.81. The molecule has 9 heavy (non-hydrogen) atoms. The van der Waals surface area contributed by atoms with Crippen molar-refractivity contribution in [1.29, 1.82) is 0 Å². The van der Waals surface area contributed by atoms with E-state index in [2.05, 4.69) is 27.5 Å². The average Bonchev–Trinajstić information content (AvgIpc) is 1.89. The van der Waals surface area contributed by atoms with E-state index in [1.807, 2.05) is 0 Å². The minimum absolute atomic E-state index is 0.209. The van der Waals surface area contributed by atoms with E-state index in [1.165, 1.54) is 12.4 Å². The Morgan fingerprint density at radius 3 is 3.00 bits per heavy atom. The summed E-state index contributed by atoms with van der Waals surface area (Å²) in [5.74, 6) is 0.209. The Labute approximate surface area is 56.9 Å². The number of aromatic nitrogens is 2. The van der Waals surface area contributed by atoms with Crippen LogP contribution in [0, 0.1) is 0 Å². The predicted octanol–water partition coefficient (Wildman–Crippen LogP) is 0.0266. The Bertz CT molecular complexity index is 246. The molecule has 0 atom stereocenters. The van der Waals surface area contributed by atoms with Crippen molar-refractivity contribution in [2.45, 2.75) is 0 Å². The van der Waals surface area contributed by atoms with Crippen LogP contribution in [0.15, 0.2) is 17.2 Å². The maximum atomic E-state index is 10.6. The summed E-state index contributed by atoms with van der Waals surface area (Å²) >= 11 is 3.65. The van der Waals surface area contributed by atoms with Crippen molar-refractivity contribution in [2.24, 2.45) is 0 Å². The first kappa shape index (κ1) is 6.15. The van der Waals surface area contributed by atoms with Gasteiger partial charge in [-0.1, -0.05) is 12.8 Å². The molecule has 0 saturated heterocycles. The van der Waals surface area contributed by atoms with Gasteiger partial charge in [-0.15, -0.1) is 0 Å². The summed E-state index contributed by atoms with van der Waals surface area (Å²) < 4.78 is 2.33. The van der Waals surface area contributed by atoms with E-state index in [4.69, 9.17) is 0 Å². The number of anilines is 1. The summed E-state index contributed by atoms with van der Waals surface area (Å²) in [7, 11) is 0. The van der Waals surface area contributed by atoms with Crippen molar-refractivity contribution in [2.75, 3.05) is 4.72 Å². The molecule has 0 fully saturated rings. The Balaban J connectivity index is 3.16. The van der Waals surface area contributed by atoms with Crippen LogP contribution in [-0.2, 0) is 0 Å². The number of nitrogens with zero attached hydrogens (tertiary/aromatic N) is 1. The van der Waals surface area contributed by atoms with Gasteiger partial charge in [0.2, 0.25) is 5.82 Å². The molecule has 1 aromatic heterocycles. The monoisotopic (exact) mass is 143 g/mol. The van der Waals surface area contributed by atoms with E-state index in [-0.39, 0.29) is 11.4 Å². The normalized spacial score (nSPS) is 9.00. The van der Waals surface area contributed by atoms with E-state index in [0.717, 1.165) is 0 Å². The van der Waals surface area contributed by atoms with Gasteiger partial charge in [-0.2, -0.15) is 0 Å². The highest BCUT2D eigenvalue weighted by Crippen LogP contribution is 1.88. The Kier molecular flexibility index (Phi) is 1.74. The zero-order valence-corrected chi connectivity index (χ0v) is 5.35. The van der Waals surface area contributed by atoms with Crippen LogP contribution in [0.5, 0.6) is 0 Å². The largest absolute Gasteiger partial charge is 0.324 e. The van der Waals surface area contributed by atoms with E-state index >= 15 is 0 Å². The maximum absolute atomic E-state index is 10.6. The number of thiol groups is 1. The van der Waals surface area contributed by atoms with Gasteiger partial charge in [-0.3, -0.25) is 4.79 Å². The SMILES string of the molecule is O=c1[nH]ccnc1NS. The summed E-state index contributed by atoms with van der Waals surface area (Å²) in [5.41, 5.74) is -0.271. The number of aromatic amines is 1. The van der Waals surface area contributed by atoms with E-state index in [9.17, 15) is 4.79 Å². The smallest absolute Gasteiger partial charge is 0.291 e. The molecule has 0 unspecified atom stereocenters. The molecule has 0 radical (unpaired) electrons. The molecule has 4 nitrogen and oxygen atoms in total. The highest BCUT2D eigenvalue weighted by atomic mass is 32.1. The van der Waals surface area contributed by atoms with Crippen LogP contribution in [0.4, 0.5) is 5.82 Å². The molecular weight excluding hydrogens is 138 g/mol. The summed E-state index contributed by atoms with van der Waals surface area (Å²) in [6, 6.07) is 0. The van der Waals surface area contributed by atoms with Crippen LogP contribution in [-0.4, -0.2) is 9.97 Å². The third-order valence-electron chi connectivity index (χ3n) is 0.814. The van der Waals surface area contributed by atoms with Gasteiger partial charge < -0.3 is 9.71 Å². The Hall–Kier alpha value is -0.970. The van der Waals surface area contributed by atoms with Gasteiger partial charge in [-0.05, 0) is 0 Å². The van der Waals surface area contributed by atoms with Crippen LogP contribution < -0.4 is 10.3 Å². The predicted molar refractivity (Wildman–Crippen MR) is 37.5 cm³/mol.